The molecule has 1 N–H and O–H groups in total. The molecule has 0 aliphatic rings. The van der Waals surface area contributed by atoms with Gasteiger partial charge in [-0.1, -0.05) is 25.5 Å². The highest BCUT2D eigenvalue weighted by Crippen LogP contribution is 2.29. The van der Waals surface area contributed by atoms with Gasteiger partial charge < -0.3 is 19.5 Å². The van der Waals surface area contributed by atoms with Gasteiger partial charge in [0.25, 0.3) is 0 Å². The molecule has 0 unspecified atom stereocenters. The fourth-order valence-corrected chi connectivity index (χ4v) is 2.61. The van der Waals surface area contributed by atoms with Gasteiger partial charge in [-0.2, -0.15) is 0 Å². The quantitative estimate of drug-likeness (QED) is 0.451. The summed E-state index contributed by atoms with van der Waals surface area (Å²) in [6, 6.07) is 11.3. The first-order valence-electron chi connectivity index (χ1n) is 9.60. The molecular formula is C23H29NO4. The molecule has 0 fully saturated rings. The van der Waals surface area contributed by atoms with E-state index in [-0.39, 0.29) is 5.91 Å². The lowest BCUT2D eigenvalue weighted by Crippen LogP contribution is -2.09. The Bertz CT molecular complexity index is 814. The number of amides is 1. The van der Waals surface area contributed by atoms with Crippen LogP contribution in [0.5, 0.6) is 17.2 Å². The molecule has 0 atom stereocenters. The van der Waals surface area contributed by atoms with E-state index in [0.717, 1.165) is 29.7 Å². The van der Waals surface area contributed by atoms with Gasteiger partial charge in [0.1, 0.15) is 5.75 Å². The van der Waals surface area contributed by atoms with Crippen LogP contribution in [0.1, 0.15) is 37.8 Å². The van der Waals surface area contributed by atoms with Crippen LogP contribution in [0.25, 0.3) is 6.08 Å². The van der Waals surface area contributed by atoms with Crippen LogP contribution in [0.15, 0.2) is 42.5 Å². The third-order valence-corrected chi connectivity index (χ3v) is 4.06. The Morgan fingerprint density at radius 3 is 2.54 bits per heavy atom. The smallest absolute Gasteiger partial charge is 0.248 e. The molecule has 0 aliphatic heterocycles. The minimum atomic E-state index is -0.231. The van der Waals surface area contributed by atoms with Gasteiger partial charge in [-0.25, -0.2) is 0 Å². The summed E-state index contributed by atoms with van der Waals surface area (Å²) in [7, 11) is 1.58. The molecule has 2 aromatic carbocycles. The zero-order valence-electron chi connectivity index (χ0n) is 17.1. The summed E-state index contributed by atoms with van der Waals surface area (Å²) in [6.07, 6.45) is 5.31. The van der Waals surface area contributed by atoms with Gasteiger partial charge in [0.15, 0.2) is 11.5 Å². The van der Waals surface area contributed by atoms with E-state index in [4.69, 9.17) is 14.2 Å². The molecule has 0 aliphatic carbocycles. The number of carbonyl (C=O) groups excluding carboxylic acids is 1. The predicted octanol–water partition coefficient (Wildman–Crippen LogP) is 5.23. The minimum absolute atomic E-state index is 0.231. The van der Waals surface area contributed by atoms with Crippen molar-refractivity contribution in [3.63, 3.8) is 0 Å². The highest BCUT2D eigenvalue weighted by molar-refractivity contribution is 6.02. The van der Waals surface area contributed by atoms with Crippen LogP contribution in [0.4, 0.5) is 5.69 Å². The van der Waals surface area contributed by atoms with Crippen molar-refractivity contribution in [2.75, 3.05) is 25.6 Å². The number of ether oxygens (including phenoxy) is 3. The number of rotatable bonds is 10. The van der Waals surface area contributed by atoms with Gasteiger partial charge in [0.2, 0.25) is 5.91 Å². The normalized spacial score (nSPS) is 10.7. The van der Waals surface area contributed by atoms with Crippen LogP contribution < -0.4 is 19.5 Å². The van der Waals surface area contributed by atoms with Crippen molar-refractivity contribution >= 4 is 17.7 Å². The first-order valence-corrected chi connectivity index (χ1v) is 9.60. The molecule has 0 spiro atoms. The topological polar surface area (TPSA) is 56.8 Å². The Labute approximate surface area is 167 Å². The largest absolute Gasteiger partial charge is 0.495 e. The van der Waals surface area contributed by atoms with E-state index in [0.29, 0.717) is 30.4 Å². The van der Waals surface area contributed by atoms with Crippen molar-refractivity contribution in [1.82, 2.24) is 0 Å². The highest BCUT2D eigenvalue weighted by Gasteiger charge is 2.07. The van der Waals surface area contributed by atoms with Crippen molar-refractivity contribution in [2.24, 2.45) is 0 Å². The Balaban J connectivity index is 2.09. The number of hydrogen-bond acceptors (Lipinski definition) is 4. The van der Waals surface area contributed by atoms with Crippen LogP contribution >= 0.6 is 0 Å². The van der Waals surface area contributed by atoms with Gasteiger partial charge in [-0.15, -0.1) is 0 Å². The second-order valence-corrected chi connectivity index (χ2v) is 6.37. The Hall–Kier alpha value is -2.95. The summed E-state index contributed by atoms with van der Waals surface area (Å²) in [4.78, 5) is 12.3. The van der Waals surface area contributed by atoms with Crippen molar-refractivity contribution in [3.8, 4) is 17.2 Å². The average molecular weight is 383 g/mol. The van der Waals surface area contributed by atoms with Crippen LogP contribution in [0, 0.1) is 6.92 Å². The number of nitrogens with one attached hydrogen (secondary N) is 1. The summed E-state index contributed by atoms with van der Waals surface area (Å²) < 4.78 is 16.8. The SMILES string of the molecule is CCCCOc1ccc(/C=C/C(=O)Nc2cc(C)ccc2OC)cc1OCC. The van der Waals surface area contributed by atoms with Gasteiger partial charge in [-0.05, 0) is 61.7 Å². The zero-order valence-corrected chi connectivity index (χ0v) is 17.1. The summed E-state index contributed by atoms with van der Waals surface area (Å²) in [5.41, 5.74) is 2.55. The standard InChI is InChI=1S/C23H29NO4/c1-5-7-14-28-21-12-9-18(16-22(21)27-6-2)10-13-23(25)24-19-15-17(3)8-11-20(19)26-4/h8-13,15-16H,5-7,14H2,1-4H3,(H,24,25)/b13-10+. The molecule has 0 saturated carbocycles. The maximum Gasteiger partial charge on any atom is 0.248 e. The van der Waals surface area contributed by atoms with E-state index < -0.39 is 0 Å². The fraction of sp³-hybridized carbons (Fsp3) is 0.348. The van der Waals surface area contributed by atoms with E-state index in [1.807, 2.05) is 50.2 Å². The lowest BCUT2D eigenvalue weighted by atomic mass is 10.1. The molecule has 5 heteroatoms. The molecule has 2 aromatic rings. The van der Waals surface area contributed by atoms with Crippen LogP contribution in [0.3, 0.4) is 0 Å². The molecule has 150 valence electrons. The monoisotopic (exact) mass is 383 g/mol. The van der Waals surface area contributed by atoms with E-state index in [9.17, 15) is 4.79 Å². The van der Waals surface area contributed by atoms with Gasteiger partial charge in [0.05, 0.1) is 26.0 Å². The molecule has 1 amide bonds. The molecule has 0 aromatic heterocycles. The van der Waals surface area contributed by atoms with Crippen molar-refractivity contribution in [2.45, 2.75) is 33.6 Å². The van der Waals surface area contributed by atoms with Crippen LogP contribution in [-0.4, -0.2) is 26.2 Å². The summed E-state index contributed by atoms with van der Waals surface area (Å²) in [5.74, 6) is 1.80. The lowest BCUT2D eigenvalue weighted by Gasteiger charge is -2.12. The van der Waals surface area contributed by atoms with Gasteiger partial charge >= 0.3 is 0 Å². The van der Waals surface area contributed by atoms with E-state index in [1.165, 1.54) is 6.08 Å². The first kappa shape index (κ1) is 21.4. The number of aryl methyl sites for hydroxylation is 1. The summed E-state index contributed by atoms with van der Waals surface area (Å²) in [6.45, 7) is 7.22. The molecule has 0 saturated heterocycles. The number of benzene rings is 2. The highest BCUT2D eigenvalue weighted by atomic mass is 16.5. The van der Waals surface area contributed by atoms with Crippen molar-refractivity contribution in [1.29, 1.82) is 0 Å². The second-order valence-electron chi connectivity index (χ2n) is 6.37. The third-order valence-electron chi connectivity index (χ3n) is 4.06. The zero-order chi connectivity index (χ0) is 20.4. The Morgan fingerprint density at radius 1 is 1.04 bits per heavy atom. The first-order chi connectivity index (χ1) is 13.6. The fourth-order valence-electron chi connectivity index (χ4n) is 2.61. The van der Waals surface area contributed by atoms with Gasteiger partial charge in [0, 0.05) is 6.08 Å². The Kier molecular flexibility index (Phi) is 8.40. The average Bonchev–Trinajstić information content (AvgIpc) is 2.68. The molecule has 0 heterocycles. The number of carbonyl (C=O) groups is 1. The number of anilines is 1. The lowest BCUT2D eigenvalue weighted by molar-refractivity contribution is -0.111. The maximum atomic E-state index is 12.3. The number of methoxy groups -OCH3 is 1. The molecule has 5 nitrogen and oxygen atoms in total. The van der Waals surface area contributed by atoms with Crippen molar-refractivity contribution in [3.05, 3.63) is 53.6 Å². The third kappa shape index (κ3) is 6.34. The summed E-state index contributed by atoms with van der Waals surface area (Å²) in [5, 5.41) is 2.85. The minimum Gasteiger partial charge on any atom is -0.495 e. The molecule has 0 radical (unpaired) electrons. The van der Waals surface area contributed by atoms with Crippen molar-refractivity contribution < 1.29 is 19.0 Å². The molecule has 28 heavy (non-hydrogen) atoms. The second kappa shape index (κ2) is 11.0. The number of hydrogen-bond donors (Lipinski definition) is 1. The Morgan fingerprint density at radius 2 is 1.82 bits per heavy atom. The number of unbranched alkanes of at least 4 members (excludes halogenated alkanes) is 1. The predicted molar refractivity (Wildman–Crippen MR) is 113 cm³/mol. The van der Waals surface area contributed by atoms with Crippen LogP contribution in [0.2, 0.25) is 0 Å². The molecular weight excluding hydrogens is 354 g/mol. The van der Waals surface area contributed by atoms with E-state index in [1.54, 1.807) is 13.2 Å². The summed E-state index contributed by atoms with van der Waals surface area (Å²) >= 11 is 0. The van der Waals surface area contributed by atoms with Gasteiger partial charge in [-0.3, -0.25) is 4.79 Å². The molecule has 2 rings (SSSR count). The van der Waals surface area contributed by atoms with E-state index in [2.05, 4.69) is 12.2 Å². The van der Waals surface area contributed by atoms with E-state index >= 15 is 0 Å². The van der Waals surface area contributed by atoms with Crippen LogP contribution in [-0.2, 0) is 4.79 Å². The maximum absolute atomic E-state index is 12.3. The molecule has 0 bridgehead atoms.